The third kappa shape index (κ3) is 7.90. The summed E-state index contributed by atoms with van der Waals surface area (Å²) in [5.41, 5.74) is 0.957. The van der Waals surface area contributed by atoms with E-state index >= 15 is 0 Å². The van der Waals surface area contributed by atoms with Crippen molar-refractivity contribution >= 4 is 50.7 Å². The van der Waals surface area contributed by atoms with Gasteiger partial charge in [0.1, 0.15) is 18.3 Å². The Morgan fingerprint density at radius 1 is 0.950 bits per heavy atom. The third-order valence-electron chi connectivity index (χ3n) is 6.22. The fourth-order valence-corrected chi connectivity index (χ4v) is 5.82. The fraction of sp³-hybridized carbons (Fsp3) is 0.310. The summed E-state index contributed by atoms with van der Waals surface area (Å²) in [7, 11) is -2.73. The van der Waals surface area contributed by atoms with Crippen LogP contribution in [0.25, 0.3) is 0 Å². The highest BCUT2D eigenvalue weighted by Crippen LogP contribution is 2.28. The summed E-state index contributed by atoms with van der Waals surface area (Å²) < 4.78 is 33.9. The van der Waals surface area contributed by atoms with Crippen LogP contribution in [0.1, 0.15) is 32.3 Å². The Labute approximate surface area is 245 Å². The summed E-state index contributed by atoms with van der Waals surface area (Å²) in [4.78, 5) is 28.5. The zero-order valence-electron chi connectivity index (χ0n) is 22.6. The zero-order chi connectivity index (χ0) is 29.3. The first-order chi connectivity index (χ1) is 19.1. The first-order valence-electron chi connectivity index (χ1n) is 12.8. The Kier molecular flexibility index (Phi) is 11.2. The molecule has 1 atom stereocenters. The van der Waals surface area contributed by atoms with Gasteiger partial charge in [-0.05, 0) is 73.0 Å². The number of amides is 2. The van der Waals surface area contributed by atoms with E-state index in [2.05, 4.69) is 5.32 Å². The van der Waals surface area contributed by atoms with Crippen molar-refractivity contribution in [3.8, 4) is 5.75 Å². The minimum absolute atomic E-state index is 0.0296. The largest absolute Gasteiger partial charge is 0.497 e. The predicted octanol–water partition coefficient (Wildman–Crippen LogP) is 5.53. The highest BCUT2D eigenvalue weighted by molar-refractivity contribution is 7.92. The van der Waals surface area contributed by atoms with Gasteiger partial charge in [-0.2, -0.15) is 0 Å². The molecule has 0 spiro atoms. The summed E-state index contributed by atoms with van der Waals surface area (Å²) in [5, 5.41) is 3.70. The van der Waals surface area contributed by atoms with E-state index in [1.54, 1.807) is 49.4 Å². The SMILES string of the molecule is CCCNC(=O)[C@@H](CC)N(Cc1ccc(Cl)cc1)C(=O)CN(c1cccc(Cl)c1)S(=O)(=O)c1ccc(OC)cc1. The molecule has 3 aromatic carbocycles. The molecule has 0 saturated heterocycles. The molecule has 3 rings (SSSR count). The topological polar surface area (TPSA) is 96.0 Å². The number of nitrogens with zero attached hydrogens (tertiary/aromatic N) is 2. The van der Waals surface area contributed by atoms with Crippen molar-refractivity contribution < 1.29 is 22.7 Å². The molecule has 0 radical (unpaired) electrons. The molecule has 0 aliphatic heterocycles. The molecule has 0 unspecified atom stereocenters. The summed E-state index contributed by atoms with van der Waals surface area (Å²) in [5.74, 6) is -0.369. The normalized spacial score (nSPS) is 11.9. The van der Waals surface area contributed by atoms with Gasteiger partial charge in [0.15, 0.2) is 0 Å². The van der Waals surface area contributed by atoms with Crippen molar-refractivity contribution in [2.45, 2.75) is 44.2 Å². The number of sulfonamides is 1. The van der Waals surface area contributed by atoms with Crippen molar-refractivity contribution in [1.82, 2.24) is 10.2 Å². The second-order valence-corrected chi connectivity index (χ2v) is 11.8. The number of ether oxygens (including phenoxy) is 1. The van der Waals surface area contributed by atoms with Gasteiger partial charge < -0.3 is 15.0 Å². The van der Waals surface area contributed by atoms with Gasteiger partial charge in [0, 0.05) is 23.1 Å². The van der Waals surface area contributed by atoms with Crippen LogP contribution in [0, 0.1) is 0 Å². The lowest BCUT2D eigenvalue weighted by molar-refractivity contribution is -0.140. The van der Waals surface area contributed by atoms with Gasteiger partial charge in [0.25, 0.3) is 10.0 Å². The molecule has 0 heterocycles. The minimum atomic E-state index is -4.22. The van der Waals surface area contributed by atoms with Crippen molar-refractivity contribution in [3.05, 3.63) is 88.4 Å². The van der Waals surface area contributed by atoms with E-state index in [1.165, 1.54) is 42.3 Å². The van der Waals surface area contributed by atoms with Crippen LogP contribution in [-0.4, -0.2) is 51.4 Å². The van der Waals surface area contributed by atoms with Gasteiger partial charge in [-0.25, -0.2) is 8.42 Å². The standard InChI is InChI=1S/C29H33Cl2N3O5S/c1-4-17-32-29(36)27(5-2)33(19-21-9-11-22(30)12-10-21)28(35)20-34(24-8-6-7-23(31)18-24)40(37,38)26-15-13-25(39-3)14-16-26/h6-16,18,27H,4-5,17,19-20H2,1-3H3,(H,32,36)/t27-/m1/s1. The minimum Gasteiger partial charge on any atom is -0.497 e. The molecule has 2 amide bonds. The van der Waals surface area contributed by atoms with Gasteiger partial charge in [0.2, 0.25) is 11.8 Å². The molecule has 8 nitrogen and oxygen atoms in total. The molecule has 0 saturated carbocycles. The maximum atomic E-state index is 14.0. The second-order valence-electron chi connectivity index (χ2n) is 9.03. The highest BCUT2D eigenvalue weighted by Gasteiger charge is 2.33. The van der Waals surface area contributed by atoms with Crippen LogP contribution >= 0.6 is 23.2 Å². The maximum absolute atomic E-state index is 14.0. The zero-order valence-corrected chi connectivity index (χ0v) is 25.0. The number of carbonyl (C=O) groups excluding carboxylic acids is 2. The van der Waals surface area contributed by atoms with Crippen molar-refractivity contribution in [2.24, 2.45) is 0 Å². The van der Waals surface area contributed by atoms with Crippen molar-refractivity contribution in [3.63, 3.8) is 0 Å². The number of methoxy groups -OCH3 is 1. The van der Waals surface area contributed by atoms with Gasteiger partial charge in [-0.15, -0.1) is 0 Å². The van der Waals surface area contributed by atoms with Gasteiger partial charge in [0.05, 0.1) is 17.7 Å². The maximum Gasteiger partial charge on any atom is 0.264 e. The molecule has 1 N–H and O–H groups in total. The molecule has 0 fully saturated rings. The summed E-state index contributed by atoms with van der Waals surface area (Å²) in [6.45, 7) is 3.73. The fourth-order valence-electron chi connectivity index (χ4n) is 4.11. The number of benzene rings is 3. The van der Waals surface area contributed by atoms with Crippen LogP contribution in [0.4, 0.5) is 5.69 Å². The Morgan fingerprint density at radius 2 is 1.62 bits per heavy atom. The number of nitrogens with one attached hydrogen (secondary N) is 1. The molecule has 40 heavy (non-hydrogen) atoms. The lowest BCUT2D eigenvalue weighted by Gasteiger charge is -2.33. The van der Waals surface area contributed by atoms with Crippen LogP contribution in [0.2, 0.25) is 10.0 Å². The van der Waals surface area contributed by atoms with Crippen LogP contribution in [0.5, 0.6) is 5.75 Å². The Balaban J connectivity index is 2.05. The number of rotatable bonds is 13. The van der Waals surface area contributed by atoms with E-state index in [0.717, 1.165) is 16.3 Å². The molecule has 11 heteroatoms. The van der Waals surface area contributed by atoms with E-state index in [4.69, 9.17) is 27.9 Å². The van der Waals surface area contributed by atoms with Gasteiger partial charge in [-0.1, -0.05) is 55.2 Å². The summed E-state index contributed by atoms with van der Waals surface area (Å²) in [6, 6.07) is 18.3. The third-order valence-corrected chi connectivity index (χ3v) is 8.50. The smallest absolute Gasteiger partial charge is 0.264 e. The first kappa shape index (κ1) is 31.3. The van der Waals surface area contributed by atoms with E-state index < -0.39 is 28.5 Å². The molecular formula is C29H33Cl2N3O5S. The Bertz CT molecular complexity index is 1400. The van der Waals surface area contributed by atoms with Gasteiger partial charge in [-0.3, -0.25) is 13.9 Å². The van der Waals surface area contributed by atoms with Crippen molar-refractivity contribution in [2.75, 3.05) is 24.5 Å². The van der Waals surface area contributed by atoms with Gasteiger partial charge >= 0.3 is 0 Å². The molecule has 0 aromatic heterocycles. The number of hydrogen-bond acceptors (Lipinski definition) is 5. The van der Waals surface area contributed by atoms with Crippen LogP contribution in [0.15, 0.2) is 77.7 Å². The van der Waals surface area contributed by atoms with E-state index in [0.29, 0.717) is 28.8 Å². The van der Waals surface area contributed by atoms with E-state index in [9.17, 15) is 18.0 Å². The molecule has 3 aromatic rings. The van der Waals surface area contributed by atoms with E-state index in [1.807, 2.05) is 6.92 Å². The molecule has 0 aliphatic carbocycles. The van der Waals surface area contributed by atoms with E-state index in [-0.39, 0.29) is 23.0 Å². The van der Waals surface area contributed by atoms with Crippen LogP contribution in [-0.2, 0) is 26.2 Å². The molecule has 0 aliphatic rings. The monoisotopic (exact) mass is 605 g/mol. The van der Waals surface area contributed by atoms with Crippen molar-refractivity contribution in [1.29, 1.82) is 0 Å². The molecule has 0 bridgehead atoms. The molecular weight excluding hydrogens is 573 g/mol. The Morgan fingerprint density at radius 3 is 2.20 bits per heavy atom. The highest BCUT2D eigenvalue weighted by atomic mass is 35.5. The summed E-state index contributed by atoms with van der Waals surface area (Å²) in [6.07, 6.45) is 1.06. The first-order valence-corrected chi connectivity index (χ1v) is 15.0. The predicted molar refractivity (Wildman–Crippen MR) is 158 cm³/mol. The Hall–Kier alpha value is -3.27. The summed E-state index contributed by atoms with van der Waals surface area (Å²) >= 11 is 12.3. The number of hydrogen-bond donors (Lipinski definition) is 1. The molecule has 214 valence electrons. The number of carbonyl (C=O) groups is 2. The number of halogens is 2. The second kappa shape index (κ2) is 14.4. The average molecular weight is 607 g/mol. The van der Waals surface area contributed by atoms with Crippen LogP contribution in [0.3, 0.4) is 0 Å². The quantitative estimate of drug-likeness (QED) is 0.276. The lowest BCUT2D eigenvalue weighted by atomic mass is 10.1. The van der Waals surface area contributed by atoms with Crippen LogP contribution < -0.4 is 14.4 Å². The number of anilines is 1. The average Bonchev–Trinajstić information content (AvgIpc) is 2.95. The lowest BCUT2D eigenvalue weighted by Crippen LogP contribution is -2.52.